The molecule has 2 heterocycles. The summed E-state index contributed by atoms with van der Waals surface area (Å²) in [5, 5.41) is 2.45. The molecule has 2 rings (SSSR count). The Bertz CT molecular complexity index is 539. The van der Waals surface area contributed by atoms with Gasteiger partial charge in [-0.2, -0.15) is 13.2 Å². The van der Waals surface area contributed by atoms with Crippen LogP contribution in [0.3, 0.4) is 0 Å². The lowest BCUT2D eigenvalue weighted by molar-refractivity contribution is -0.141. The van der Waals surface area contributed by atoms with Crippen LogP contribution >= 0.6 is 0 Å². The second kappa shape index (κ2) is 6.10. The molecule has 8 heteroatoms. The lowest BCUT2D eigenvalue weighted by atomic mass is 9.93. The van der Waals surface area contributed by atoms with Crippen LogP contribution in [0.4, 0.5) is 23.2 Å². The molecule has 0 saturated carbocycles. The Labute approximate surface area is 125 Å². The van der Waals surface area contributed by atoms with Crippen LogP contribution in [0.25, 0.3) is 0 Å². The van der Waals surface area contributed by atoms with Gasteiger partial charge in [-0.05, 0) is 12.1 Å². The number of alkyl halides is 4. The van der Waals surface area contributed by atoms with Gasteiger partial charge in [0.2, 0.25) is 5.91 Å². The topological polar surface area (TPSA) is 45.2 Å². The molecule has 122 valence electrons. The summed E-state index contributed by atoms with van der Waals surface area (Å²) in [6, 6.07) is 2.45. The maximum atomic E-state index is 14.5. The van der Waals surface area contributed by atoms with Gasteiger partial charge in [0.1, 0.15) is 11.4 Å². The maximum absolute atomic E-state index is 14.5. The third-order valence-electron chi connectivity index (χ3n) is 3.71. The van der Waals surface area contributed by atoms with Gasteiger partial charge < -0.3 is 10.2 Å². The SMILES string of the molecule is CC(=O)NCC1(F)CCN(c2ccnc(C(F)(F)F)c2)CC1. The van der Waals surface area contributed by atoms with E-state index in [9.17, 15) is 22.4 Å². The molecule has 1 N–H and O–H groups in total. The lowest BCUT2D eigenvalue weighted by Gasteiger charge is -2.37. The number of pyridine rings is 1. The normalized spacial score (nSPS) is 18.1. The molecule has 1 amide bonds. The summed E-state index contributed by atoms with van der Waals surface area (Å²) in [5.74, 6) is -0.302. The number of hydrogen-bond acceptors (Lipinski definition) is 3. The minimum Gasteiger partial charge on any atom is -0.371 e. The number of carbonyl (C=O) groups is 1. The standard InChI is InChI=1S/C14H17F4N3O/c1-10(22)20-9-13(15)3-6-21(7-4-13)11-2-5-19-12(8-11)14(16,17)18/h2,5,8H,3-4,6-7,9H2,1H3,(H,20,22). The number of carbonyl (C=O) groups excluding carboxylic acids is 1. The molecule has 0 unspecified atom stereocenters. The van der Waals surface area contributed by atoms with Gasteiger partial charge in [-0.3, -0.25) is 9.78 Å². The summed E-state index contributed by atoms with van der Waals surface area (Å²) in [6.45, 7) is 1.82. The first-order chi connectivity index (χ1) is 10.2. The average Bonchev–Trinajstić information content (AvgIpc) is 2.45. The Hall–Kier alpha value is -1.86. The molecule has 1 saturated heterocycles. The third kappa shape index (κ3) is 4.08. The summed E-state index contributed by atoms with van der Waals surface area (Å²) in [5.41, 5.74) is -2.09. The quantitative estimate of drug-likeness (QED) is 0.871. The number of piperidine rings is 1. The fourth-order valence-corrected chi connectivity index (χ4v) is 2.40. The zero-order valence-corrected chi connectivity index (χ0v) is 12.1. The van der Waals surface area contributed by atoms with E-state index >= 15 is 0 Å². The fraction of sp³-hybridized carbons (Fsp3) is 0.571. The Kier molecular flexibility index (Phi) is 4.58. The molecule has 1 aliphatic rings. The highest BCUT2D eigenvalue weighted by atomic mass is 19.4. The number of nitrogens with zero attached hydrogens (tertiary/aromatic N) is 2. The summed E-state index contributed by atoms with van der Waals surface area (Å²) >= 11 is 0. The average molecular weight is 319 g/mol. The summed E-state index contributed by atoms with van der Waals surface area (Å²) in [4.78, 5) is 15.9. The van der Waals surface area contributed by atoms with Crippen molar-refractivity contribution in [3.05, 3.63) is 24.0 Å². The number of anilines is 1. The summed E-state index contributed by atoms with van der Waals surface area (Å²) < 4.78 is 52.4. The monoisotopic (exact) mass is 319 g/mol. The fourth-order valence-electron chi connectivity index (χ4n) is 2.40. The van der Waals surface area contributed by atoms with Crippen LogP contribution in [0, 0.1) is 0 Å². The van der Waals surface area contributed by atoms with Crippen LogP contribution in [0.2, 0.25) is 0 Å². The van der Waals surface area contributed by atoms with Crippen molar-refractivity contribution in [3.8, 4) is 0 Å². The van der Waals surface area contributed by atoms with Crippen molar-refractivity contribution >= 4 is 11.6 Å². The first kappa shape index (κ1) is 16.5. The largest absolute Gasteiger partial charge is 0.433 e. The van der Waals surface area contributed by atoms with Gasteiger partial charge in [-0.15, -0.1) is 0 Å². The second-order valence-electron chi connectivity index (χ2n) is 5.44. The van der Waals surface area contributed by atoms with Gasteiger partial charge >= 0.3 is 6.18 Å². The van der Waals surface area contributed by atoms with Crippen LogP contribution in [0.1, 0.15) is 25.5 Å². The first-order valence-electron chi connectivity index (χ1n) is 6.91. The molecular formula is C14H17F4N3O. The van der Waals surface area contributed by atoms with Crippen molar-refractivity contribution in [2.24, 2.45) is 0 Å². The number of nitrogens with one attached hydrogen (secondary N) is 1. The molecule has 0 radical (unpaired) electrons. The van der Waals surface area contributed by atoms with E-state index in [1.807, 2.05) is 0 Å². The minimum atomic E-state index is -4.50. The molecular weight excluding hydrogens is 302 g/mol. The Morgan fingerprint density at radius 1 is 1.41 bits per heavy atom. The van der Waals surface area contributed by atoms with Crippen LogP contribution in [0.5, 0.6) is 0 Å². The van der Waals surface area contributed by atoms with E-state index in [-0.39, 0.29) is 38.4 Å². The molecule has 1 fully saturated rings. The second-order valence-corrected chi connectivity index (χ2v) is 5.44. The zero-order chi connectivity index (χ0) is 16.4. The van der Waals surface area contributed by atoms with Gasteiger partial charge in [-0.1, -0.05) is 0 Å². The van der Waals surface area contributed by atoms with Crippen molar-refractivity contribution in [2.75, 3.05) is 24.5 Å². The molecule has 4 nitrogen and oxygen atoms in total. The Morgan fingerprint density at radius 2 is 2.05 bits per heavy atom. The van der Waals surface area contributed by atoms with Crippen molar-refractivity contribution < 1.29 is 22.4 Å². The van der Waals surface area contributed by atoms with E-state index in [2.05, 4.69) is 10.3 Å². The van der Waals surface area contributed by atoms with Gasteiger partial charge in [0.15, 0.2) is 0 Å². The zero-order valence-electron chi connectivity index (χ0n) is 12.1. The van der Waals surface area contributed by atoms with Crippen molar-refractivity contribution in [2.45, 2.75) is 31.6 Å². The number of halogens is 4. The highest BCUT2D eigenvalue weighted by molar-refractivity contribution is 5.72. The number of rotatable bonds is 3. The van der Waals surface area contributed by atoms with Crippen LogP contribution < -0.4 is 10.2 Å². The number of hydrogen-bond donors (Lipinski definition) is 1. The predicted octanol–water partition coefficient (Wildman–Crippen LogP) is 2.55. The highest BCUT2D eigenvalue weighted by Crippen LogP contribution is 2.32. The predicted molar refractivity (Wildman–Crippen MR) is 73.2 cm³/mol. The van der Waals surface area contributed by atoms with Crippen molar-refractivity contribution in [1.82, 2.24) is 10.3 Å². The van der Waals surface area contributed by atoms with Gasteiger partial charge in [0.25, 0.3) is 0 Å². The Morgan fingerprint density at radius 3 is 2.59 bits per heavy atom. The van der Waals surface area contributed by atoms with E-state index in [0.717, 1.165) is 12.3 Å². The molecule has 0 bridgehead atoms. The van der Waals surface area contributed by atoms with Crippen LogP contribution in [-0.2, 0) is 11.0 Å². The lowest BCUT2D eigenvalue weighted by Crippen LogP contribution is -2.48. The molecule has 0 aromatic carbocycles. The van der Waals surface area contributed by atoms with E-state index in [4.69, 9.17) is 0 Å². The number of amides is 1. The summed E-state index contributed by atoms with van der Waals surface area (Å²) in [6.07, 6.45) is -3.10. The van der Waals surface area contributed by atoms with Gasteiger partial charge in [0, 0.05) is 44.7 Å². The van der Waals surface area contributed by atoms with Crippen molar-refractivity contribution in [1.29, 1.82) is 0 Å². The molecule has 0 aliphatic carbocycles. The Balaban J connectivity index is 2.01. The molecule has 1 aromatic rings. The smallest absolute Gasteiger partial charge is 0.371 e. The molecule has 22 heavy (non-hydrogen) atoms. The van der Waals surface area contributed by atoms with Crippen LogP contribution in [0.15, 0.2) is 18.3 Å². The molecule has 0 atom stereocenters. The summed E-state index contributed by atoms with van der Waals surface area (Å²) in [7, 11) is 0. The molecule has 1 aromatic heterocycles. The van der Waals surface area contributed by atoms with Gasteiger partial charge in [-0.25, -0.2) is 4.39 Å². The number of aromatic nitrogens is 1. The molecule has 1 aliphatic heterocycles. The van der Waals surface area contributed by atoms with E-state index < -0.39 is 17.5 Å². The van der Waals surface area contributed by atoms with Crippen molar-refractivity contribution in [3.63, 3.8) is 0 Å². The van der Waals surface area contributed by atoms with E-state index in [1.165, 1.54) is 13.0 Å². The van der Waals surface area contributed by atoms with E-state index in [0.29, 0.717) is 5.69 Å². The maximum Gasteiger partial charge on any atom is 0.433 e. The molecule has 0 spiro atoms. The van der Waals surface area contributed by atoms with E-state index in [1.54, 1.807) is 4.90 Å². The minimum absolute atomic E-state index is 0.0691. The van der Waals surface area contributed by atoms with Crippen LogP contribution in [-0.4, -0.2) is 36.2 Å². The highest BCUT2D eigenvalue weighted by Gasteiger charge is 2.36. The third-order valence-corrected chi connectivity index (χ3v) is 3.71. The first-order valence-corrected chi connectivity index (χ1v) is 6.91. The van der Waals surface area contributed by atoms with Gasteiger partial charge in [0.05, 0.1) is 6.54 Å².